The molecule has 0 aliphatic heterocycles. The van der Waals surface area contributed by atoms with Gasteiger partial charge in [0.05, 0.1) is 8.66 Å². The maximum atomic E-state index is 11.8. The first-order valence-electron chi connectivity index (χ1n) is 4.32. The zero-order chi connectivity index (χ0) is 11.7. The summed E-state index contributed by atoms with van der Waals surface area (Å²) in [5.74, 6) is 0.392. The third-order valence-corrected chi connectivity index (χ3v) is 5.08. The molecule has 0 bridgehead atoms. The van der Waals surface area contributed by atoms with E-state index in [9.17, 15) is 4.79 Å². The fourth-order valence-electron chi connectivity index (χ4n) is 1.12. The van der Waals surface area contributed by atoms with Crippen LogP contribution in [0.5, 0.6) is 0 Å². The highest BCUT2D eigenvalue weighted by atomic mass is 79.9. The Bertz CT molecular complexity index is 515. The van der Waals surface area contributed by atoms with Crippen molar-refractivity contribution in [3.63, 3.8) is 0 Å². The summed E-state index contributed by atoms with van der Waals surface area (Å²) in [5.41, 5.74) is 0. The number of carbonyl (C=O) groups excluding carboxylic acids is 1. The van der Waals surface area contributed by atoms with Gasteiger partial charge in [-0.25, -0.2) is 0 Å². The molecule has 0 radical (unpaired) electrons. The fourth-order valence-corrected chi connectivity index (χ4v) is 3.05. The van der Waals surface area contributed by atoms with Crippen LogP contribution in [0.1, 0.15) is 9.67 Å². The molecular weight excluding hydrogens is 358 g/mol. The lowest BCUT2D eigenvalue weighted by molar-refractivity contribution is 0.103. The van der Waals surface area contributed by atoms with Gasteiger partial charge in [0, 0.05) is 23.8 Å². The van der Waals surface area contributed by atoms with E-state index in [4.69, 9.17) is 0 Å². The highest BCUT2D eigenvalue weighted by molar-refractivity contribution is 9.13. The minimum atomic E-state index is -0.157. The molecule has 0 fully saturated rings. The second-order valence-electron chi connectivity index (χ2n) is 3.06. The van der Waals surface area contributed by atoms with E-state index in [1.807, 2.05) is 0 Å². The number of hydrogen-bond acceptors (Lipinski definition) is 3. The second kappa shape index (κ2) is 4.68. The van der Waals surface area contributed by atoms with E-state index < -0.39 is 0 Å². The SMILES string of the molecule is Cn1ccc(NC(=O)c2cc(Br)c(Br)s2)n1. The molecule has 2 heterocycles. The molecule has 0 unspecified atom stereocenters. The summed E-state index contributed by atoms with van der Waals surface area (Å²) in [6.45, 7) is 0. The van der Waals surface area contributed by atoms with Crippen molar-refractivity contribution in [3.05, 3.63) is 31.5 Å². The number of amides is 1. The van der Waals surface area contributed by atoms with E-state index in [0.717, 1.165) is 8.26 Å². The van der Waals surface area contributed by atoms with Gasteiger partial charge in [-0.1, -0.05) is 0 Å². The van der Waals surface area contributed by atoms with Crippen LogP contribution in [0.2, 0.25) is 0 Å². The number of anilines is 1. The average molecular weight is 365 g/mol. The Labute approximate surface area is 113 Å². The van der Waals surface area contributed by atoms with Gasteiger partial charge >= 0.3 is 0 Å². The van der Waals surface area contributed by atoms with Gasteiger partial charge in [0.2, 0.25) is 0 Å². The molecule has 4 nitrogen and oxygen atoms in total. The Morgan fingerprint density at radius 2 is 2.31 bits per heavy atom. The summed E-state index contributed by atoms with van der Waals surface area (Å²) >= 11 is 8.06. The van der Waals surface area contributed by atoms with Gasteiger partial charge in [0.15, 0.2) is 5.82 Å². The van der Waals surface area contributed by atoms with Crippen LogP contribution in [0.3, 0.4) is 0 Å². The number of aryl methyl sites for hydroxylation is 1. The quantitative estimate of drug-likeness (QED) is 0.888. The zero-order valence-electron chi connectivity index (χ0n) is 8.20. The lowest BCUT2D eigenvalue weighted by atomic mass is 10.4. The number of nitrogens with zero attached hydrogens (tertiary/aromatic N) is 2. The van der Waals surface area contributed by atoms with E-state index in [0.29, 0.717) is 10.7 Å². The number of nitrogens with one attached hydrogen (secondary N) is 1. The highest BCUT2D eigenvalue weighted by Gasteiger charge is 2.12. The average Bonchev–Trinajstić information content (AvgIpc) is 2.75. The van der Waals surface area contributed by atoms with Crippen LogP contribution in [-0.2, 0) is 7.05 Å². The van der Waals surface area contributed by atoms with Crippen molar-refractivity contribution in [2.24, 2.45) is 7.05 Å². The van der Waals surface area contributed by atoms with Crippen molar-refractivity contribution in [3.8, 4) is 0 Å². The number of carbonyl (C=O) groups is 1. The maximum Gasteiger partial charge on any atom is 0.267 e. The van der Waals surface area contributed by atoms with Gasteiger partial charge < -0.3 is 5.32 Å². The predicted octanol–water partition coefficient (Wildman–Crippen LogP) is 3.26. The molecule has 0 saturated heterocycles. The van der Waals surface area contributed by atoms with Crippen LogP contribution in [0, 0.1) is 0 Å². The smallest absolute Gasteiger partial charge is 0.267 e. The van der Waals surface area contributed by atoms with E-state index in [2.05, 4.69) is 42.3 Å². The standard InChI is InChI=1S/C9H7Br2N3OS/c1-14-3-2-7(13-14)12-9(15)6-4-5(10)8(11)16-6/h2-4H,1H3,(H,12,13,15). The van der Waals surface area contributed by atoms with Crippen molar-refractivity contribution in [2.45, 2.75) is 0 Å². The Balaban J connectivity index is 2.14. The lowest BCUT2D eigenvalue weighted by Gasteiger charge is -1.97. The van der Waals surface area contributed by atoms with Gasteiger partial charge in [-0.15, -0.1) is 11.3 Å². The van der Waals surface area contributed by atoms with Crippen molar-refractivity contribution < 1.29 is 4.79 Å². The first kappa shape index (κ1) is 11.8. The van der Waals surface area contributed by atoms with Crippen LogP contribution < -0.4 is 5.32 Å². The first-order valence-corrected chi connectivity index (χ1v) is 6.72. The molecule has 7 heteroatoms. The molecule has 0 aromatic carbocycles. The molecule has 1 amide bonds. The molecule has 0 aliphatic carbocycles. The number of hydrogen-bond donors (Lipinski definition) is 1. The molecule has 1 N–H and O–H groups in total. The molecule has 16 heavy (non-hydrogen) atoms. The molecule has 2 aromatic rings. The van der Waals surface area contributed by atoms with E-state index in [1.165, 1.54) is 11.3 Å². The van der Waals surface area contributed by atoms with Crippen molar-refractivity contribution in [1.29, 1.82) is 0 Å². The number of aromatic nitrogens is 2. The van der Waals surface area contributed by atoms with Gasteiger partial charge in [-0.3, -0.25) is 9.48 Å². The molecule has 0 atom stereocenters. The van der Waals surface area contributed by atoms with E-state index in [-0.39, 0.29) is 5.91 Å². The largest absolute Gasteiger partial charge is 0.304 e. The topological polar surface area (TPSA) is 46.9 Å². The molecule has 0 spiro atoms. The Hall–Kier alpha value is -0.660. The third-order valence-electron chi connectivity index (χ3n) is 1.82. The van der Waals surface area contributed by atoms with Gasteiger partial charge in [-0.2, -0.15) is 5.10 Å². The Morgan fingerprint density at radius 3 is 2.81 bits per heavy atom. The zero-order valence-corrected chi connectivity index (χ0v) is 12.2. The van der Waals surface area contributed by atoms with Gasteiger partial charge in [0.25, 0.3) is 5.91 Å². The van der Waals surface area contributed by atoms with Crippen LogP contribution in [0.4, 0.5) is 5.82 Å². The van der Waals surface area contributed by atoms with Crippen LogP contribution >= 0.6 is 43.2 Å². The second-order valence-corrected chi connectivity index (χ2v) is 6.29. The molecule has 0 aliphatic rings. The normalized spacial score (nSPS) is 10.4. The van der Waals surface area contributed by atoms with Crippen LogP contribution in [0.15, 0.2) is 26.6 Å². The lowest BCUT2D eigenvalue weighted by Crippen LogP contribution is -2.10. The van der Waals surface area contributed by atoms with Crippen molar-refractivity contribution in [2.75, 3.05) is 5.32 Å². The molecule has 84 valence electrons. The summed E-state index contributed by atoms with van der Waals surface area (Å²) in [7, 11) is 1.80. The summed E-state index contributed by atoms with van der Waals surface area (Å²) in [4.78, 5) is 12.4. The number of halogens is 2. The highest BCUT2D eigenvalue weighted by Crippen LogP contribution is 2.32. The van der Waals surface area contributed by atoms with Crippen LogP contribution in [-0.4, -0.2) is 15.7 Å². The van der Waals surface area contributed by atoms with E-state index in [1.54, 1.807) is 30.1 Å². The van der Waals surface area contributed by atoms with Crippen molar-refractivity contribution in [1.82, 2.24) is 9.78 Å². The third kappa shape index (κ3) is 2.53. The van der Waals surface area contributed by atoms with Crippen LogP contribution in [0.25, 0.3) is 0 Å². The Morgan fingerprint density at radius 1 is 1.56 bits per heavy atom. The minimum Gasteiger partial charge on any atom is -0.304 e. The predicted molar refractivity (Wildman–Crippen MR) is 70.9 cm³/mol. The summed E-state index contributed by atoms with van der Waals surface area (Å²) in [6.07, 6.45) is 1.77. The number of thiophene rings is 1. The molecular formula is C9H7Br2N3OS. The monoisotopic (exact) mass is 363 g/mol. The van der Waals surface area contributed by atoms with Gasteiger partial charge in [0.1, 0.15) is 0 Å². The summed E-state index contributed by atoms with van der Waals surface area (Å²) in [5, 5.41) is 6.79. The first-order chi connectivity index (χ1) is 7.56. The summed E-state index contributed by atoms with van der Waals surface area (Å²) < 4.78 is 3.41. The maximum absolute atomic E-state index is 11.8. The molecule has 0 saturated carbocycles. The summed E-state index contributed by atoms with van der Waals surface area (Å²) in [6, 6.07) is 3.52. The van der Waals surface area contributed by atoms with E-state index >= 15 is 0 Å². The molecule has 2 aromatic heterocycles. The van der Waals surface area contributed by atoms with Crippen molar-refractivity contribution >= 4 is 54.9 Å². The minimum absolute atomic E-state index is 0.157. The number of rotatable bonds is 2. The molecule has 2 rings (SSSR count). The fraction of sp³-hybridized carbons (Fsp3) is 0.111. The Kier molecular flexibility index (Phi) is 3.46. The van der Waals surface area contributed by atoms with Gasteiger partial charge in [-0.05, 0) is 37.9 Å².